The van der Waals surface area contributed by atoms with Gasteiger partial charge in [0.2, 0.25) is 0 Å². The molecule has 0 aliphatic rings. The molecule has 0 spiro atoms. The molecular weight excluding hydrogens is 200 g/mol. The van der Waals surface area contributed by atoms with Crippen molar-refractivity contribution in [2.75, 3.05) is 0 Å². The third-order valence-electron chi connectivity index (χ3n) is 2.58. The van der Waals surface area contributed by atoms with Crippen LogP contribution < -0.4 is 0 Å². The quantitative estimate of drug-likeness (QED) is 0.736. The second kappa shape index (κ2) is 4.31. The van der Waals surface area contributed by atoms with Gasteiger partial charge in [0.15, 0.2) is 5.78 Å². The molecular formula is C13H14N2O. The first-order valence-electron chi connectivity index (χ1n) is 5.36. The fourth-order valence-corrected chi connectivity index (χ4v) is 1.69. The number of carbonyl (C=O) groups is 1. The first-order chi connectivity index (χ1) is 7.72. The third kappa shape index (κ3) is 1.89. The molecule has 3 heteroatoms. The van der Waals surface area contributed by atoms with E-state index in [4.69, 9.17) is 0 Å². The van der Waals surface area contributed by atoms with Crippen LogP contribution in [-0.2, 0) is 6.42 Å². The molecule has 3 nitrogen and oxygen atoms in total. The molecule has 0 N–H and O–H groups in total. The van der Waals surface area contributed by atoms with Gasteiger partial charge in [0.25, 0.3) is 0 Å². The zero-order chi connectivity index (χ0) is 11.5. The van der Waals surface area contributed by atoms with Crippen molar-refractivity contribution >= 4 is 5.78 Å². The van der Waals surface area contributed by atoms with Crippen molar-refractivity contribution in [3.63, 3.8) is 0 Å². The molecule has 0 aliphatic carbocycles. The Hall–Kier alpha value is -1.90. The second-order valence-electron chi connectivity index (χ2n) is 3.69. The van der Waals surface area contributed by atoms with Crippen molar-refractivity contribution in [3.8, 4) is 5.69 Å². The van der Waals surface area contributed by atoms with Crippen LogP contribution in [0.4, 0.5) is 0 Å². The summed E-state index contributed by atoms with van der Waals surface area (Å²) in [5, 5.41) is 4.26. The van der Waals surface area contributed by atoms with Crippen molar-refractivity contribution in [2.45, 2.75) is 20.3 Å². The normalized spacial score (nSPS) is 10.4. The first-order valence-corrected chi connectivity index (χ1v) is 5.36. The number of Topliss-reactive ketones (excluding diaryl/α,β-unsaturated/α-hetero) is 1. The molecule has 0 atom stereocenters. The number of nitrogens with zero attached hydrogens (tertiary/aromatic N) is 2. The Bertz CT molecular complexity index is 514. The lowest BCUT2D eigenvalue weighted by atomic mass is 10.1. The molecule has 82 valence electrons. The minimum atomic E-state index is 0.0760. The highest BCUT2D eigenvalue weighted by atomic mass is 16.1. The number of ketones is 1. The van der Waals surface area contributed by atoms with E-state index in [9.17, 15) is 4.79 Å². The number of carbonyl (C=O) groups excluding carboxylic acids is 1. The second-order valence-corrected chi connectivity index (χ2v) is 3.69. The van der Waals surface area contributed by atoms with E-state index in [1.54, 1.807) is 13.1 Å². The molecule has 0 amide bonds. The van der Waals surface area contributed by atoms with E-state index in [0.717, 1.165) is 23.4 Å². The van der Waals surface area contributed by atoms with Gasteiger partial charge in [-0.1, -0.05) is 19.1 Å². The van der Waals surface area contributed by atoms with Crippen LogP contribution in [0.2, 0.25) is 0 Å². The summed E-state index contributed by atoms with van der Waals surface area (Å²) >= 11 is 0. The highest BCUT2D eigenvalue weighted by Crippen LogP contribution is 2.13. The first kappa shape index (κ1) is 10.6. The topological polar surface area (TPSA) is 34.9 Å². The van der Waals surface area contributed by atoms with Crippen molar-refractivity contribution in [1.29, 1.82) is 0 Å². The van der Waals surface area contributed by atoms with E-state index in [1.807, 2.05) is 35.0 Å². The summed E-state index contributed by atoms with van der Waals surface area (Å²) in [5.41, 5.74) is 2.80. The van der Waals surface area contributed by atoms with Crippen molar-refractivity contribution in [1.82, 2.24) is 9.78 Å². The lowest BCUT2D eigenvalue weighted by Gasteiger charge is -2.06. The Balaban J connectivity index is 2.48. The summed E-state index contributed by atoms with van der Waals surface area (Å²) in [6, 6.07) is 9.52. The van der Waals surface area contributed by atoms with Crippen LogP contribution in [0.3, 0.4) is 0 Å². The smallest absolute Gasteiger partial charge is 0.159 e. The maximum absolute atomic E-state index is 11.3. The molecule has 16 heavy (non-hydrogen) atoms. The van der Waals surface area contributed by atoms with Crippen molar-refractivity contribution in [3.05, 3.63) is 47.8 Å². The van der Waals surface area contributed by atoms with E-state index < -0.39 is 0 Å². The lowest BCUT2D eigenvalue weighted by Crippen LogP contribution is -2.02. The van der Waals surface area contributed by atoms with Gasteiger partial charge in [-0.3, -0.25) is 4.79 Å². The standard InChI is InChI=1S/C13H14N2O/c1-3-12-7-8-14-15(12)13-6-4-5-11(9-13)10(2)16/h4-9H,3H2,1-2H3. The molecule has 1 heterocycles. The molecule has 0 fully saturated rings. The summed E-state index contributed by atoms with van der Waals surface area (Å²) in [6.07, 6.45) is 2.70. The highest BCUT2D eigenvalue weighted by molar-refractivity contribution is 5.94. The minimum Gasteiger partial charge on any atom is -0.295 e. The maximum Gasteiger partial charge on any atom is 0.159 e. The number of hydrogen-bond donors (Lipinski definition) is 0. The van der Waals surface area contributed by atoms with E-state index in [1.165, 1.54) is 0 Å². The van der Waals surface area contributed by atoms with E-state index >= 15 is 0 Å². The highest BCUT2D eigenvalue weighted by Gasteiger charge is 2.05. The molecule has 2 aromatic rings. The summed E-state index contributed by atoms with van der Waals surface area (Å²) < 4.78 is 1.87. The summed E-state index contributed by atoms with van der Waals surface area (Å²) in [4.78, 5) is 11.3. The van der Waals surface area contributed by atoms with Crippen LogP contribution >= 0.6 is 0 Å². The Morgan fingerprint density at radius 1 is 1.38 bits per heavy atom. The van der Waals surface area contributed by atoms with Gasteiger partial charge in [-0.15, -0.1) is 0 Å². The molecule has 0 bridgehead atoms. The molecule has 2 rings (SSSR count). The summed E-state index contributed by atoms with van der Waals surface area (Å²) in [6.45, 7) is 3.66. The predicted octanol–water partition coefficient (Wildman–Crippen LogP) is 2.64. The molecule has 0 aliphatic heterocycles. The largest absolute Gasteiger partial charge is 0.295 e. The maximum atomic E-state index is 11.3. The number of aromatic nitrogens is 2. The van der Waals surface area contributed by atoms with Crippen molar-refractivity contribution < 1.29 is 4.79 Å². The van der Waals surface area contributed by atoms with E-state index in [2.05, 4.69) is 12.0 Å². The average Bonchev–Trinajstić information content (AvgIpc) is 2.77. The lowest BCUT2D eigenvalue weighted by molar-refractivity contribution is 0.101. The average molecular weight is 214 g/mol. The number of rotatable bonds is 3. The fourth-order valence-electron chi connectivity index (χ4n) is 1.69. The van der Waals surface area contributed by atoms with Crippen LogP contribution in [0.5, 0.6) is 0 Å². The molecule has 1 aromatic heterocycles. The van der Waals surface area contributed by atoms with Crippen LogP contribution in [0.1, 0.15) is 29.9 Å². The molecule has 0 saturated carbocycles. The fraction of sp³-hybridized carbons (Fsp3) is 0.231. The Morgan fingerprint density at radius 3 is 2.88 bits per heavy atom. The van der Waals surface area contributed by atoms with E-state index in [0.29, 0.717) is 0 Å². The Morgan fingerprint density at radius 2 is 2.19 bits per heavy atom. The molecule has 1 aromatic carbocycles. The van der Waals surface area contributed by atoms with Gasteiger partial charge < -0.3 is 0 Å². The zero-order valence-electron chi connectivity index (χ0n) is 9.47. The van der Waals surface area contributed by atoms with Crippen LogP contribution in [0.15, 0.2) is 36.5 Å². The van der Waals surface area contributed by atoms with Gasteiger partial charge >= 0.3 is 0 Å². The van der Waals surface area contributed by atoms with E-state index in [-0.39, 0.29) is 5.78 Å². The Kier molecular flexibility index (Phi) is 2.86. The molecule has 0 radical (unpaired) electrons. The van der Waals surface area contributed by atoms with Gasteiger partial charge in [0, 0.05) is 17.5 Å². The van der Waals surface area contributed by atoms with Crippen LogP contribution in [0, 0.1) is 0 Å². The predicted molar refractivity (Wildman–Crippen MR) is 62.9 cm³/mol. The summed E-state index contributed by atoms with van der Waals surface area (Å²) in [7, 11) is 0. The van der Waals surface area contributed by atoms with Gasteiger partial charge in [-0.2, -0.15) is 5.10 Å². The molecule has 0 saturated heterocycles. The number of aryl methyl sites for hydroxylation is 1. The van der Waals surface area contributed by atoms with Gasteiger partial charge in [0.05, 0.1) is 5.69 Å². The number of benzene rings is 1. The van der Waals surface area contributed by atoms with Gasteiger partial charge in [0.1, 0.15) is 0 Å². The van der Waals surface area contributed by atoms with Crippen LogP contribution in [-0.4, -0.2) is 15.6 Å². The SMILES string of the molecule is CCc1ccnn1-c1cccc(C(C)=O)c1. The van der Waals surface area contributed by atoms with Gasteiger partial charge in [-0.05, 0) is 31.5 Å². The monoisotopic (exact) mass is 214 g/mol. The number of hydrogen-bond acceptors (Lipinski definition) is 2. The molecule has 0 unspecified atom stereocenters. The summed E-state index contributed by atoms with van der Waals surface area (Å²) in [5.74, 6) is 0.0760. The third-order valence-corrected chi connectivity index (χ3v) is 2.58. The minimum absolute atomic E-state index is 0.0760. The Labute approximate surface area is 94.7 Å². The van der Waals surface area contributed by atoms with Crippen molar-refractivity contribution in [2.24, 2.45) is 0 Å². The van der Waals surface area contributed by atoms with Gasteiger partial charge in [-0.25, -0.2) is 4.68 Å². The van der Waals surface area contributed by atoms with Crippen LogP contribution in [0.25, 0.3) is 5.69 Å². The zero-order valence-corrected chi connectivity index (χ0v) is 9.47.